The van der Waals surface area contributed by atoms with E-state index in [9.17, 15) is 18.0 Å². The summed E-state index contributed by atoms with van der Waals surface area (Å²) in [6.07, 6.45) is 2.95. The van der Waals surface area contributed by atoms with Crippen LogP contribution in [-0.2, 0) is 23.0 Å². The summed E-state index contributed by atoms with van der Waals surface area (Å²) in [5.41, 5.74) is 1.53. The molecule has 9 heteroatoms. The fraction of sp³-hybridized carbons (Fsp3) is 0.211. The molecule has 0 saturated carbocycles. The maximum absolute atomic E-state index is 12.5. The summed E-state index contributed by atoms with van der Waals surface area (Å²) >= 11 is 5.91. The molecule has 1 N–H and O–H groups in total. The monoisotopic (exact) mass is 419 g/mol. The van der Waals surface area contributed by atoms with E-state index in [1.807, 2.05) is 0 Å². The van der Waals surface area contributed by atoms with Crippen LogP contribution < -0.4 is 10.3 Å². The highest BCUT2D eigenvalue weighted by atomic mass is 35.5. The zero-order valence-electron chi connectivity index (χ0n) is 15.1. The number of ketones is 1. The third-order valence-corrected chi connectivity index (χ3v) is 5.12. The molecule has 0 unspecified atom stereocenters. The van der Waals surface area contributed by atoms with Crippen molar-refractivity contribution in [3.05, 3.63) is 75.3 Å². The second kappa shape index (κ2) is 8.22. The van der Waals surface area contributed by atoms with Crippen LogP contribution >= 0.6 is 11.6 Å². The van der Waals surface area contributed by atoms with Crippen molar-refractivity contribution in [1.29, 1.82) is 0 Å². The van der Waals surface area contributed by atoms with Gasteiger partial charge in [0.1, 0.15) is 0 Å². The topological polar surface area (TPSA) is 98.1 Å². The minimum absolute atomic E-state index is 0.126. The number of benzene rings is 2. The van der Waals surface area contributed by atoms with Crippen LogP contribution in [0.5, 0.6) is 0 Å². The number of rotatable bonds is 7. The van der Waals surface area contributed by atoms with E-state index in [1.54, 1.807) is 42.5 Å². The molecule has 0 bridgehead atoms. The Kier molecular flexibility index (Phi) is 5.93. The first-order chi connectivity index (χ1) is 13.2. The van der Waals surface area contributed by atoms with Crippen LogP contribution in [-0.4, -0.2) is 36.6 Å². The molecule has 1 aromatic heterocycles. The molecule has 28 heavy (non-hydrogen) atoms. The van der Waals surface area contributed by atoms with Gasteiger partial charge in [0.25, 0.3) is 5.56 Å². The average Bonchev–Trinajstić information content (AvgIpc) is 2.63. The molecular formula is C19H18ClN3O4S. The summed E-state index contributed by atoms with van der Waals surface area (Å²) < 4.78 is 25.8. The van der Waals surface area contributed by atoms with Crippen LogP contribution in [0.25, 0.3) is 10.9 Å². The Hall–Kier alpha value is -2.55. The van der Waals surface area contributed by atoms with Gasteiger partial charge in [0.15, 0.2) is 5.78 Å². The minimum Gasteiger partial charge on any atom is -0.292 e. The third kappa shape index (κ3) is 5.03. The van der Waals surface area contributed by atoms with E-state index in [0.29, 0.717) is 27.9 Å². The van der Waals surface area contributed by atoms with E-state index in [1.165, 1.54) is 10.9 Å². The molecule has 3 aromatic rings. The summed E-state index contributed by atoms with van der Waals surface area (Å²) in [6.45, 7) is 0.160. The maximum Gasteiger partial charge on any atom is 0.261 e. The first kappa shape index (κ1) is 20.2. The Bertz CT molecular complexity index is 1190. The maximum atomic E-state index is 12.5. The normalized spacial score (nSPS) is 11.6. The van der Waals surface area contributed by atoms with Gasteiger partial charge in [-0.15, -0.1) is 0 Å². The van der Waals surface area contributed by atoms with Crippen LogP contribution in [0, 0.1) is 0 Å². The largest absolute Gasteiger partial charge is 0.292 e. The Morgan fingerprint density at radius 3 is 2.57 bits per heavy atom. The molecule has 3 rings (SSSR count). The quantitative estimate of drug-likeness (QED) is 0.591. The lowest BCUT2D eigenvalue weighted by Gasteiger charge is -2.07. The molecule has 0 fully saturated rings. The summed E-state index contributed by atoms with van der Waals surface area (Å²) in [5, 5.41) is 0.883. The smallest absolute Gasteiger partial charge is 0.261 e. The SMILES string of the molecule is CS(=O)(=O)NCCc1ccc(C(=O)Cn2cnc3cc(Cl)ccc3c2=O)cc1. The first-order valence-corrected chi connectivity index (χ1v) is 10.7. The molecule has 0 amide bonds. The highest BCUT2D eigenvalue weighted by molar-refractivity contribution is 7.88. The summed E-state index contributed by atoms with van der Waals surface area (Å²) in [4.78, 5) is 29.2. The van der Waals surface area contributed by atoms with Crippen molar-refractivity contribution in [2.24, 2.45) is 0 Å². The van der Waals surface area contributed by atoms with Gasteiger partial charge in [0.2, 0.25) is 10.0 Å². The number of nitrogens with zero attached hydrogens (tertiary/aromatic N) is 2. The molecule has 0 spiro atoms. The number of Topliss-reactive ketones (excluding diaryl/α,β-unsaturated/α-hetero) is 1. The predicted molar refractivity (Wildman–Crippen MR) is 108 cm³/mol. The van der Waals surface area contributed by atoms with Gasteiger partial charge in [-0.3, -0.25) is 14.2 Å². The molecule has 146 valence electrons. The third-order valence-electron chi connectivity index (χ3n) is 4.16. The fourth-order valence-corrected chi connectivity index (χ4v) is 3.37. The molecule has 2 aromatic carbocycles. The van der Waals surface area contributed by atoms with Gasteiger partial charge < -0.3 is 0 Å². The van der Waals surface area contributed by atoms with Gasteiger partial charge in [-0.25, -0.2) is 18.1 Å². The molecule has 0 atom stereocenters. The van der Waals surface area contributed by atoms with Gasteiger partial charge in [-0.2, -0.15) is 0 Å². The second-order valence-corrected chi connectivity index (χ2v) is 8.65. The molecule has 0 aliphatic carbocycles. The molecule has 0 aliphatic rings. The van der Waals surface area contributed by atoms with Crippen molar-refractivity contribution in [2.45, 2.75) is 13.0 Å². The first-order valence-electron chi connectivity index (χ1n) is 8.44. The van der Waals surface area contributed by atoms with Crippen LogP contribution in [0.15, 0.2) is 53.6 Å². The number of hydrogen-bond donors (Lipinski definition) is 1. The van der Waals surface area contributed by atoms with Crippen LogP contribution in [0.4, 0.5) is 0 Å². The van der Waals surface area contributed by atoms with Crippen molar-refractivity contribution in [3.63, 3.8) is 0 Å². The van der Waals surface area contributed by atoms with Crippen molar-refractivity contribution < 1.29 is 13.2 Å². The molecule has 1 heterocycles. The minimum atomic E-state index is -3.22. The Balaban J connectivity index is 1.71. The average molecular weight is 420 g/mol. The summed E-state index contributed by atoms with van der Waals surface area (Å²) in [6, 6.07) is 11.7. The van der Waals surface area contributed by atoms with Gasteiger partial charge in [0, 0.05) is 17.1 Å². The number of aromatic nitrogens is 2. The van der Waals surface area contributed by atoms with Crippen molar-refractivity contribution >= 4 is 38.3 Å². The Morgan fingerprint density at radius 1 is 1.18 bits per heavy atom. The van der Waals surface area contributed by atoms with Gasteiger partial charge in [-0.1, -0.05) is 35.9 Å². The lowest BCUT2D eigenvalue weighted by molar-refractivity contribution is 0.0970. The van der Waals surface area contributed by atoms with E-state index in [2.05, 4.69) is 9.71 Å². The number of fused-ring (bicyclic) bond motifs is 1. The second-order valence-electron chi connectivity index (χ2n) is 6.38. The highest BCUT2D eigenvalue weighted by Crippen LogP contribution is 2.14. The standard InChI is InChI=1S/C19H18ClN3O4S/c1-28(26,27)22-9-8-13-2-4-14(5-3-13)18(24)11-23-12-21-17-10-15(20)6-7-16(17)19(23)25/h2-7,10,12,22H,8-9,11H2,1H3. The Labute approximate surface area is 167 Å². The lowest BCUT2D eigenvalue weighted by Crippen LogP contribution is -2.25. The zero-order valence-corrected chi connectivity index (χ0v) is 16.6. The van der Waals surface area contributed by atoms with Crippen LogP contribution in [0.2, 0.25) is 5.02 Å². The van der Waals surface area contributed by atoms with Gasteiger partial charge in [-0.05, 0) is 30.2 Å². The van der Waals surface area contributed by atoms with Gasteiger partial charge >= 0.3 is 0 Å². The van der Waals surface area contributed by atoms with E-state index >= 15 is 0 Å². The summed E-state index contributed by atoms with van der Waals surface area (Å²) in [5.74, 6) is -0.224. The number of carbonyl (C=O) groups is 1. The zero-order chi connectivity index (χ0) is 20.3. The number of carbonyl (C=O) groups excluding carboxylic acids is 1. The number of halogens is 1. The lowest BCUT2D eigenvalue weighted by atomic mass is 10.1. The van der Waals surface area contributed by atoms with Crippen molar-refractivity contribution in [2.75, 3.05) is 12.8 Å². The van der Waals surface area contributed by atoms with Crippen LogP contribution in [0.3, 0.4) is 0 Å². The molecule has 7 nitrogen and oxygen atoms in total. The van der Waals surface area contributed by atoms with E-state index < -0.39 is 10.0 Å². The van der Waals surface area contributed by atoms with Crippen molar-refractivity contribution in [1.82, 2.24) is 14.3 Å². The molecule has 0 aliphatic heterocycles. The number of sulfonamides is 1. The number of nitrogens with one attached hydrogen (secondary N) is 1. The summed E-state index contributed by atoms with van der Waals surface area (Å²) in [7, 11) is -3.22. The number of hydrogen-bond acceptors (Lipinski definition) is 5. The van der Waals surface area contributed by atoms with E-state index in [4.69, 9.17) is 11.6 Å². The molecule has 0 saturated heterocycles. The molecule has 0 radical (unpaired) electrons. The van der Waals surface area contributed by atoms with Crippen molar-refractivity contribution in [3.8, 4) is 0 Å². The predicted octanol–water partition coefficient (Wildman–Crippen LogP) is 2.02. The molecular weight excluding hydrogens is 402 g/mol. The van der Waals surface area contributed by atoms with E-state index in [0.717, 1.165) is 11.8 Å². The van der Waals surface area contributed by atoms with E-state index in [-0.39, 0.29) is 24.4 Å². The van der Waals surface area contributed by atoms with Gasteiger partial charge in [0.05, 0.1) is 30.0 Å². The highest BCUT2D eigenvalue weighted by Gasteiger charge is 2.11. The van der Waals surface area contributed by atoms with Crippen LogP contribution in [0.1, 0.15) is 15.9 Å². The Morgan fingerprint density at radius 2 is 1.89 bits per heavy atom. The fourth-order valence-electron chi connectivity index (χ4n) is 2.73.